The van der Waals surface area contributed by atoms with Crippen molar-refractivity contribution in [3.63, 3.8) is 0 Å². The summed E-state index contributed by atoms with van der Waals surface area (Å²) < 4.78 is 5.93. The predicted octanol–water partition coefficient (Wildman–Crippen LogP) is 3.47. The second-order valence-electron chi connectivity index (χ2n) is 7.53. The number of alkyl halides is 2. The van der Waals surface area contributed by atoms with Crippen molar-refractivity contribution in [2.24, 2.45) is 11.8 Å². The summed E-state index contributed by atoms with van der Waals surface area (Å²) in [5.41, 5.74) is 2.52. The van der Waals surface area contributed by atoms with Crippen LogP contribution in [0.3, 0.4) is 0 Å². The smallest absolute Gasteiger partial charge is 0.326 e. The van der Waals surface area contributed by atoms with Crippen molar-refractivity contribution in [1.29, 1.82) is 0 Å². The molecule has 3 amide bonds. The maximum absolute atomic E-state index is 12.6. The third kappa shape index (κ3) is 4.80. The van der Waals surface area contributed by atoms with Crippen LogP contribution in [0.2, 0.25) is 0 Å². The van der Waals surface area contributed by atoms with E-state index >= 15 is 0 Å². The quantitative estimate of drug-likeness (QED) is 0.314. The highest BCUT2D eigenvalue weighted by molar-refractivity contribution is 9.12. The molecule has 1 aromatic rings. The van der Waals surface area contributed by atoms with E-state index in [1.165, 1.54) is 0 Å². The van der Waals surface area contributed by atoms with E-state index in [-0.39, 0.29) is 21.5 Å². The molecule has 1 N–H and O–H groups in total. The lowest BCUT2D eigenvalue weighted by Crippen LogP contribution is -2.37. The number of fused-ring (bicyclic) bond motifs is 1. The van der Waals surface area contributed by atoms with Gasteiger partial charge in [-0.2, -0.15) is 0 Å². The Bertz CT molecular complexity index is 879. The van der Waals surface area contributed by atoms with E-state index in [1.54, 1.807) is 6.07 Å². The second kappa shape index (κ2) is 9.48. The Hall–Kier alpha value is -1.26. The molecule has 10 heteroatoms. The van der Waals surface area contributed by atoms with E-state index in [1.807, 2.05) is 19.9 Å². The van der Waals surface area contributed by atoms with Gasteiger partial charge in [-0.1, -0.05) is 47.8 Å². The van der Waals surface area contributed by atoms with Gasteiger partial charge in [0, 0.05) is 19.8 Å². The van der Waals surface area contributed by atoms with Gasteiger partial charge in [-0.25, -0.2) is 0 Å². The van der Waals surface area contributed by atoms with Crippen LogP contribution in [0.4, 0.5) is 5.69 Å². The van der Waals surface area contributed by atoms with Crippen LogP contribution in [-0.4, -0.2) is 51.4 Å². The minimum atomic E-state index is -0.792. The molecule has 1 aliphatic heterocycles. The van der Waals surface area contributed by atoms with Gasteiger partial charge >= 0.3 is 5.97 Å². The summed E-state index contributed by atoms with van der Waals surface area (Å²) in [6, 6.07) is 3.58. The first kappa shape index (κ1) is 23.4. The summed E-state index contributed by atoms with van der Waals surface area (Å²) in [5, 5.41) is 2.70. The number of hydrogen-bond donors (Lipinski definition) is 1. The Balaban J connectivity index is 1.53. The van der Waals surface area contributed by atoms with Crippen LogP contribution < -0.4 is 5.32 Å². The molecule has 7 nitrogen and oxygen atoms in total. The van der Waals surface area contributed by atoms with Crippen molar-refractivity contribution in [1.82, 2.24) is 4.90 Å². The van der Waals surface area contributed by atoms with Gasteiger partial charge in [0.15, 0.2) is 6.61 Å². The van der Waals surface area contributed by atoms with E-state index in [4.69, 9.17) is 4.74 Å². The number of anilines is 1. The lowest BCUT2D eigenvalue weighted by atomic mass is 9.81. The molecule has 1 aliphatic carbocycles. The molecule has 0 unspecified atom stereocenters. The molecule has 162 valence electrons. The first-order valence-electron chi connectivity index (χ1n) is 9.44. The molecule has 1 saturated heterocycles. The highest BCUT2D eigenvalue weighted by Crippen LogP contribution is 2.43. The lowest BCUT2D eigenvalue weighted by Gasteiger charge is -2.29. The number of imide groups is 1. The zero-order chi connectivity index (χ0) is 22.2. The van der Waals surface area contributed by atoms with Gasteiger partial charge in [0.25, 0.3) is 5.91 Å². The summed E-state index contributed by atoms with van der Waals surface area (Å²) >= 11 is 10.5. The highest BCUT2D eigenvalue weighted by Gasteiger charge is 2.52. The van der Waals surface area contributed by atoms with Crippen LogP contribution in [0.5, 0.6) is 0 Å². The van der Waals surface area contributed by atoms with Crippen molar-refractivity contribution in [3.8, 4) is 0 Å². The number of likely N-dealkylation sites (tertiary alicyclic amines) is 1. The zero-order valence-electron chi connectivity index (χ0n) is 16.4. The minimum absolute atomic E-state index is 0.0943. The first-order chi connectivity index (χ1) is 14.1. The highest BCUT2D eigenvalue weighted by atomic mass is 79.9. The fraction of sp³-hybridized carbons (Fsp3) is 0.500. The van der Waals surface area contributed by atoms with Crippen molar-refractivity contribution >= 4 is 77.2 Å². The predicted molar refractivity (Wildman–Crippen MR) is 122 cm³/mol. The van der Waals surface area contributed by atoms with Crippen LogP contribution in [0, 0.1) is 25.7 Å². The molecule has 3 rings (SSSR count). The van der Waals surface area contributed by atoms with Crippen molar-refractivity contribution in [2.75, 3.05) is 18.5 Å². The molecular formula is C20H21Br3N2O5. The molecular weight excluding hydrogens is 588 g/mol. The molecule has 1 aromatic carbocycles. The average molecular weight is 609 g/mol. The number of ether oxygens (including phenoxy) is 1. The number of amides is 3. The maximum atomic E-state index is 12.6. The Labute approximate surface area is 199 Å². The molecule has 4 atom stereocenters. The lowest BCUT2D eigenvalue weighted by molar-refractivity contribution is -0.154. The van der Waals surface area contributed by atoms with Gasteiger partial charge in [-0.15, -0.1) is 0 Å². The van der Waals surface area contributed by atoms with E-state index in [0.717, 1.165) is 20.5 Å². The summed E-state index contributed by atoms with van der Waals surface area (Å²) in [6.45, 7) is 2.82. The summed E-state index contributed by atoms with van der Waals surface area (Å²) in [4.78, 5) is 50.7. The number of carbonyl (C=O) groups excluding carboxylic acids is 4. The Kier molecular flexibility index (Phi) is 7.40. The molecule has 2 fully saturated rings. The van der Waals surface area contributed by atoms with Crippen LogP contribution in [0.25, 0.3) is 0 Å². The average Bonchev–Trinajstić information content (AvgIpc) is 2.92. The monoisotopic (exact) mass is 606 g/mol. The fourth-order valence-corrected chi connectivity index (χ4v) is 5.42. The fourth-order valence-electron chi connectivity index (χ4n) is 3.75. The van der Waals surface area contributed by atoms with Gasteiger partial charge < -0.3 is 10.1 Å². The normalized spacial score (nSPS) is 25.8. The number of rotatable bonds is 5. The zero-order valence-corrected chi connectivity index (χ0v) is 21.2. The van der Waals surface area contributed by atoms with E-state index < -0.39 is 36.9 Å². The molecule has 0 spiro atoms. The van der Waals surface area contributed by atoms with Crippen molar-refractivity contribution in [3.05, 3.63) is 27.7 Å². The van der Waals surface area contributed by atoms with E-state index in [9.17, 15) is 19.2 Å². The third-order valence-electron chi connectivity index (χ3n) is 5.65. The molecule has 1 saturated carbocycles. The number of carbonyl (C=O) groups is 4. The second-order valence-corrected chi connectivity index (χ2v) is 10.7. The van der Waals surface area contributed by atoms with Crippen LogP contribution in [0.15, 0.2) is 16.6 Å². The minimum Gasteiger partial charge on any atom is -0.454 e. The molecule has 0 aromatic heterocycles. The molecule has 30 heavy (non-hydrogen) atoms. The van der Waals surface area contributed by atoms with E-state index in [0.29, 0.717) is 18.5 Å². The van der Waals surface area contributed by atoms with E-state index in [2.05, 4.69) is 53.1 Å². The third-order valence-corrected chi connectivity index (χ3v) is 9.24. The molecule has 2 aliphatic rings. The number of hydrogen-bond acceptors (Lipinski definition) is 5. The largest absolute Gasteiger partial charge is 0.454 e. The number of benzene rings is 1. The summed E-state index contributed by atoms with van der Waals surface area (Å²) in [5.74, 6) is -2.83. The number of nitrogens with zero attached hydrogens (tertiary/aromatic N) is 1. The topological polar surface area (TPSA) is 92.8 Å². The van der Waals surface area contributed by atoms with Crippen molar-refractivity contribution in [2.45, 2.75) is 36.3 Å². The number of nitrogens with one attached hydrogen (secondary N) is 1. The summed E-state index contributed by atoms with van der Waals surface area (Å²) in [6.07, 6.45) is 1.07. The van der Waals surface area contributed by atoms with Crippen LogP contribution >= 0.6 is 47.8 Å². The Morgan fingerprint density at radius 3 is 2.20 bits per heavy atom. The van der Waals surface area contributed by atoms with Gasteiger partial charge in [-0.3, -0.25) is 24.1 Å². The molecule has 1 heterocycles. The number of halogens is 3. The standard InChI is InChI=1S/C20H21Br3N2O5/c1-9-10(2)16(4-3-13(9)21)24-17(26)8-30-18(27)7-25-19(28)11-5-14(22)15(23)6-12(11)20(25)29/h3-4,11-12,14-15H,5-8H2,1-2H3,(H,24,26)/t11-,12+,14-,15-/m0/s1. The summed E-state index contributed by atoms with van der Waals surface area (Å²) in [7, 11) is 0. The molecule has 0 radical (unpaired) electrons. The van der Waals surface area contributed by atoms with Gasteiger partial charge in [0.05, 0.1) is 11.8 Å². The van der Waals surface area contributed by atoms with Crippen molar-refractivity contribution < 1.29 is 23.9 Å². The van der Waals surface area contributed by atoms with Gasteiger partial charge in [0.2, 0.25) is 11.8 Å². The van der Waals surface area contributed by atoms with Crippen LogP contribution in [0.1, 0.15) is 24.0 Å². The SMILES string of the molecule is Cc1c(Br)ccc(NC(=O)COC(=O)CN2C(=O)[C@H]3C[C@H](Br)[C@@H](Br)C[C@H]3C2=O)c1C. The number of esters is 1. The van der Waals surface area contributed by atoms with Gasteiger partial charge in [0.1, 0.15) is 6.54 Å². The van der Waals surface area contributed by atoms with Crippen LogP contribution in [-0.2, 0) is 23.9 Å². The first-order valence-corrected chi connectivity index (χ1v) is 12.1. The molecule has 0 bridgehead atoms. The Morgan fingerprint density at radius 1 is 1.07 bits per heavy atom. The Morgan fingerprint density at radius 2 is 1.63 bits per heavy atom. The maximum Gasteiger partial charge on any atom is 0.326 e. The van der Waals surface area contributed by atoms with Gasteiger partial charge in [-0.05, 0) is 49.9 Å².